The van der Waals surface area contributed by atoms with E-state index in [9.17, 15) is 4.79 Å². The summed E-state index contributed by atoms with van der Waals surface area (Å²) in [7, 11) is 2.08. The van der Waals surface area contributed by atoms with Crippen molar-refractivity contribution in [1.82, 2.24) is 10.2 Å². The number of nitrogens with one attached hydrogen (secondary N) is 1. The SMILES string of the molecule is CCN(C)CCNC(=O)C1CC2CCCC(C1)C2N.Cl.Cl. The van der Waals surface area contributed by atoms with Gasteiger partial charge in [-0.05, 0) is 51.1 Å². The second-order valence-electron chi connectivity index (χ2n) is 6.38. The summed E-state index contributed by atoms with van der Waals surface area (Å²) in [6.07, 6.45) is 5.76. The van der Waals surface area contributed by atoms with Crippen molar-refractivity contribution in [2.24, 2.45) is 23.5 Å². The average molecular weight is 340 g/mol. The van der Waals surface area contributed by atoms with Gasteiger partial charge in [-0.15, -0.1) is 24.8 Å². The summed E-state index contributed by atoms with van der Waals surface area (Å²) in [5.41, 5.74) is 6.27. The first-order valence-corrected chi connectivity index (χ1v) is 7.83. The van der Waals surface area contributed by atoms with Gasteiger partial charge in [-0.2, -0.15) is 0 Å². The van der Waals surface area contributed by atoms with E-state index in [-0.39, 0.29) is 36.6 Å². The molecule has 0 saturated heterocycles. The third-order valence-corrected chi connectivity index (χ3v) is 5.12. The van der Waals surface area contributed by atoms with Gasteiger partial charge in [0.15, 0.2) is 0 Å². The fraction of sp³-hybridized carbons (Fsp3) is 0.933. The van der Waals surface area contributed by atoms with Crippen molar-refractivity contribution in [3.8, 4) is 0 Å². The Balaban J connectivity index is 0.00000200. The van der Waals surface area contributed by atoms with Gasteiger partial charge in [-0.25, -0.2) is 0 Å². The maximum atomic E-state index is 12.2. The summed E-state index contributed by atoms with van der Waals surface area (Å²) in [6, 6.07) is 0.351. The Morgan fingerprint density at radius 3 is 2.33 bits per heavy atom. The van der Waals surface area contributed by atoms with Crippen LogP contribution in [0.3, 0.4) is 0 Å². The lowest BCUT2D eigenvalue weighted by atomic mass is 9.65. The first kappa shape index (κ1) is 21.0. The largest absolute Gasteiger partial charge is 0.355 e. The minimum absolute atomic E-state index is 0. The predicted molar refractivity (Wildman–Crippen MR) is 92.2 cm³/mol. The molecule has 2 bridgehead atoms. The number of rotatable bonds is 5. The lowest BCUT2D eigenvalue weighted by Gasteiger charge is -2.43. The van der Waals surface area contributed by atoms with Gasteiger partial charge in [0.25, 0.3) is 0 Å². The van der Waals surface area contributed by atoms with E-state index in [0.717, 1.165) is 32.5 Å². The highest BCUT2D eigenvalue weighted by atomic mass is 35.5. The van der Waals surface area contributed by atoms with Crippen LogP contribution in [-0.4, -0.2) is 43.5 Å². The Labute approximate surface area is 141 Å². The van der Waals surface area contributed by atoms with Crippen molar-refractivity contribution in [1.29, 1.82) is 0 Å². The zero-order chi connectivity index (χ0) is 13.8. The molecule has 0 radical (unpaired) electrons. The van der Waals surface area contributed by atoms with Gasteiger partial charge in [-0.3, -0.25) is 4.79 Å². The van der Waals surface area contributed by atoms with Crippen LogP contribution in [0.15, 0.2) is 0 Å². The quantitative estimate of drug-likeness (QED) is 0.805. The Kier molecular flexibility index (Phi) is 9.87. The molecule has 21 heavy (non-hydrogen) atoms. The number of carbonyl (C=O) groups excluding carboxylic acids is 1. The normalized spacial score (nSPS) is 31.0. The van der Waals surface area contributed by atoms with E-state index >= 15 is 0 Å². The smallest absolute Gasteiger partial charge is 0.223 e. The van der Waals surface area contributed by atoms with Crippen LogP contribution in [0.2, 0.25) is 0 Å². The molecule has 6 heteroatoms. The van der Waals surface area contributed by atoms with E-state index in [2.05, 4.69) is 24.2 Å². The van der Waals surface area contributed by atoms with Crippen molar-refractivity contribution in [3.63, 3.8) is 0 Å². The summed E-state index contributed by atoms with van der Waals surface area (Å²) in [4.78, 5) is 14.4. The Hall–Kier alpha value is -0.0300. The third kappa shape index (κ3) is 5.59. The van der Waals surface area contributed by atoms with Crippen molar-refractivity contribution in [3.05, 3.63) is 0 Å². The van der Waals surface area contributed by atoms with Gasteiger partial charge in [0.05, 0.1) is 0 Å². The summed E-state index contributed by atoms with van der Waals surface area (Å²) in [6.45, 7) is 4.85. The van der Waals surface area contributed by atoms with Crippen LogP contribution >= 0.6 is 24.8 Å². The Bertz CT molecular complexity index is 303. The zero-order valence-electron chi connectivity index (χ0n) is 13.2. The zero-order valence-corrected chi connectivity index (χ0v) is 14.8. The standard InChI is InChI=1S/C15H29N3O.2ClH/c1-3-18(2)8-7-17-15(19)13-9-11-5-4-6-12(10-13)14(11)16;;/h11-14H,3-10,16H2,1-2H3,(H,17,19);2*1H. The summed E-state index contributed by atoms with van der Waals surface area (Å²) < 4.78 is 0. The first-order chi connectivity index (χ1) is 9.11. The molecule has 126 valence electrons. The highest BCUT2D eigenvalue weighted by Crippen LogP contribution is 2.41. The Morgan fingerprint density at radius 1 is 1.24 bits per heavy atom. The molecule has 1 amide bonds. The number of nitrogens with zero attached hydrogens (tertiary/aromatic N) is 1. The fourth-order valence-electron chi connectivity index (χ4n) is 3.68. The van der Waals surface area contributed by atoms with Crippen LogP contribution in [-0.2, 0) is 4.79 Å². The molecule has 0 aliphatic heterocycles. The molecule has 2 saturated carbocycles. The molecular formula is C15H31Cl2N3O. The average Bonchev–Trinajstić information content (AvgIpc) is 2.37. The summed E-state index contributed by atoms with van der Waals surface area (Å²) in [5.74, 6) is 1.64. The third-order valence-electron chi connectivity index (χ3n) is 5.12. The number of carbonyl (C=O) groups is 1. The number of fused-ring (bicyclic) bond motifs is 2. The number of hydrogen-bond donors (Lipinski definition) is 2. The number of hydrogen-bond acceptors (Lipinski definition) is 3. The van der Waals surface area contributed by atoms with Gasteiger partial charge in [0, 0.05) is 25.0 Å². The highest BCUT2D eigenvalue weighted by Gasteiger charge is 2.40. The summed E-state index contributed by atoms with van der Waals surface area (Å²) in [5, 5.41) is 3.10. The molecule has 2 rings (SSSR count). The Morgan fingerprint density at radius 2 is 1.81 bits per heavy atom. The molecule has 2 aliphatic carbocycles. The molecule has 2 atom stereocenters. The van der Waals surface area contributed by atoms with E-state index in [1.807, 2.05) is 0 Å². The minimum Gasteiger partial charge on any atom is -0.355 e. The van der Waals surface area contributed by atoms with Crippen LogP contribution < -0.4 is 11.1 Å². The summed E-state index contributed by atoms with van der Waals surface area (Å²) >= 11 is 0. The van der Waals surface area contributed by atoms with Crippen molar-refractivity contribution in [2.75, 3.05) is 26.7 Å². The molecule has 2 aliphatic rings. The van der Waals surface area contributed by atoms with Crippen LogP contribution in [0.25, 0.3) is 0 Å². The molecule has 2 unspecified atom stereocenters. The number of halogens is 2. The van der Waals surface area contributed by atoms with Gasteiger partial charge in [0.2, 0.25) is 5.91 Å². The molecule has 0 aromatic heterocycles. The van der Waals surface area contributed by atoms with Crippen molar-refractivity contribution >= 4 is 30.7 Å². The molecule has 2 fully saturated rings. The maximum absolute atomic E-state index is 12.2. The van der Waals surface area contributed by atoms with Gasteiger partial charge >= 0.3 is 0 Å². The lowest BCUT2D eigenvalue weighted by Crippen LogP contribution is -2.49. The van der Waals surface area contributed by atoms with E-state index in [4.69, 9.17) is 5.73 Å². The van der Waals surface area contributed by atoms with E-state index in [0.29, 0.717) is 17.9 Å². The monoisotopic (exact) mass is 339 g/mol. The van der Waals surface area contributed by atoms with Gasteiger partial charge in [-0.1, -0.05) is 13.3 Å². The lowest BCUT2D eigenvalue weighted by molar-refractivity contribution is -0.127. The molecule has 4 nitrogen and oxygen atoms in total. The van der Waals surface area contributed by atoms with E-state index in [1.165, 1.54) is 19.3 Å². The maximum Gasteiger partial charge on any atom is 0.223 e. The van der Waals surface area contributed by atoms with Crippen LogP contribution in [0, 0.1) is 17.8 Å². The van der Waals surface area contributed by atoms with Gasteiger partial charge in [0.1, 0.15) is 0 Å². The topological polar surface area (TPSA) is 58.4 Å². The second-order valence-corrected chi connectivity index (χ2v) is 6.38. The molecule has 0 heterocycles. The number of amides is 1. The molecule has 3 N–H and O–H groups in total. The first-order valence-electron chi connectivity index (χ1n) is 7.83. The van der Waals surface area contributed by atoms with Crippen molar-refractivity contribution in [2.45, 2.75) is 45.1 Å². The van der Waals surface area contributed by atoms with Crippen LogP contribution in [0.4, 0.5) is 0 Å². The fourth-order valence-corrected chi connectivity index (χ4v) is 3.68. The molecule has 0 aromatic rings. The highest BCUT2D eigenvalue weighted by molar-refractivity contribution is 5.85. The van der Waals surface area contributed by atoms with E-state index in [1.54, 1.807) is 0 Å². The number of likely N-dealkylation sites (N-methyl/N-ethyl adjacent to an activating group) is 1. The molecule has 0 spiro atoms. The predicted octanol–water partition coefficient (Wildman–Crippen LogP) is 2.05. The van der Waals surface area contributed by atoms with E-state index < -0.39 is 0 Å². The van der Waals surface area contributed by atoms with Crippen molar-refractivity contribution < 1.29 is 4.79 Å². The number of nitrogens with two attached hydrogens (primary N) is 1. The van der Waals surface area contributed by atoms with Crippen LogP contribution in [0.5, 0.6) is 0 Å². The van der Waals surface area contributed by atoms with Crippen LogP contribution in [0.1, 0.15) is 39.0 Å². The molecule has 0 aromatic carbocycles. The van der Waals surface area contributed by atoms with Gasteiger partial charge < -0.3 is 16.0 Å². The molecular weight excluding hydrogens is 309 g/mol. The second kappa shape index (κ2) is 9.88. The minimum atomic E-state index is 0.